The summed E-state index contributed by atoms with van der Waals surface area (Å²) in [7, 11) is 4.18. The summed E-state index contributed by atoms with van der Waals surface area (Å²) in [5.41, 5.74) is 4.28. The molecule has 1 aromatic carbocycles. The van der Waals surface area contributed by atoms with Crippen molar-refractivity contribution >= 4 is 11.5 Å². The summed E-state index contributed by atoms with van der Waals surface area (Å²) in [6, 6.07) is 9.15. The molecule has 1 N–H and O–H groups in total. The van der Waals surface area contributed by atoms with Gasteiger partial charge in [-0.2, -0.15) is 0 Å². The molecule has 36 heavy (non-hydrogen) atoms. The molecular formula is C33H47NO2. The molecule has 3 nitrogen and oxygen atoms in total. The minimum absolute atomic E-state index is 0.0219. The minimum atomic E-state index is -0.176. The Kier molecular flexibility index (Phi) is 7.26. The van der Waals surface area contributed by atoms with E-state index in [1.54, 1.807) is 0 Å². The average molecular weight is 490 g/mol. The van der Waals surface area contributed by atoms with Crippen LogP contribution in [0.15, 0.2) is 35.9 Å². The van der Waals surface area contributed by atoms with Crippen LogP contribution in [0.25, 0.3) is 0 Å². The molecule has 0 aromatic heterocycles. The zero-order valence-electron chi connectivity index (χ0n) is 23.6. The summed E-state index contributed by atoms with van der Waals surface area (Å²) in [5, 5.41) is 11.0. The monoisotopic (exact) mass is 489 g/mol. The van der Waals surface area contributed by atoms with E-state index < -0.39 is 0 Å². The van der Waals surface area contributed by atoms with E-state index in [4.69, 9.17) is 6.42 Å². The highest BCUT2D eigenvalue weighted by Crippen LogP contribution is 2.68. The van der Waals surface area contributed by atoms with Crippen LogP contribution >= 0.6 is 0 Å². The fourth-order valence-corrected chi connectivity index (χ4v) is 8.06. The third-order valence-electron chi connectivity index (χ3n) is 10.1. The Morgan fingerprint density at radius 2 is 1.69 bits per heavy atom. The summed E-state index contributed by atoms with van der Waals surface area (Å²) in [5.74, 6) is 5.21. The van der Waals surface area contributed by atoms with E-state index in [0.717, 1.165) is 25.7 Å². The first-order valence-electron chi connectivity index (χ1n) is 14.0. The molecule has 3 saturated carbocycles. The van der Waals surface area contributed by atoms with Crippen molar-refractivity contribution < 1.29 is 9.90 Å². The maximum atomic E-state index is 12.2. The summed E-state index contributed by atoms with van der Waals surface area (Å²) in [6.45, 7) is 10.8. The topological polar surface area (TPSA) is 40.5 Å². The third kappa shape index (κ3) is 4.79. The molecule has 4 aliphatic rings. The van der Waals surface area contributed by atoms with Crippen LogP contribution in [0, 0.1) is 46.3 Å². The van der Waals surface area contributed by atoms with Gasteiger partial charge in [0, 0.05) is 31.6 Å². The number of fused-ring (bicyclic) bond motifs is 5. The van der Waals surface area contributed by atoms with Gasteiger partial charge in [-0.1, -0.05) is 31.6 Å². The van der Waals surface area contributed by atoms with Crippen molar-refractivity contribution in [3.05, 3.63) is 41.5 Å². The van der Waals surface area contributed by atoms with Crippen molar-refractivity contribution in [2.45, 2.75) is 91.6 Å². The SMILES string of the molecule is C#CC(C)(C)C.CN(C)c1ccc(C2CC3(C)C(O)CCC3C3CCC4=CC(=O)CCC4(C)C23)cc1. The number of anilines is 1. The molecule has 7 unspecified atom stereocenters. The molecule has 0 spiro atoms. The second kappa shape index (κ2) is 9.68. The molecule has 0 heterocycles. The van der Waals surface area contributed by atoms with Crippen LogP contribution in [0.3, 0.4) is 0 Å². The van der Waals surface area contributed by atoms with Crippen molar-refractivity contribution in [1.82, 2.24) is 0 Å². The Hall–Kier alpha value is -2.05. The predicted molar refractivity (Wildman–Crippen MR) is 150 cm³/mol. The number of carbonyl (C=O) groups is 1. The number of hydrogen-bond donors (Lipinski definition) is 1. The Labute approximate surface area is 219 Å². The van der Waals surface area contributed by atoms with Crippen molar-refractivity contribution in [3.63, 3.8) is 0 Å². The van der Waals surface area contributed by atoms with Crippen LogP contribution < -0.4 is 4.90 Å². The van der Waals surface area contributed by atoms with E-state index in [0.29, 0.717) is 35.9 Å². The van der Waals surface area contributed by atoms with E-state index in [1.165, 1.54) is 29.7 Å². The maximum Gasteiger partial charge on any atom is 0.155 e. The zero-order valence-corrected chi connectivity index (χ0v) is 23.6. The van der Waals surface area contributed by atoms with Gasteiger partial charge in [0.2, 0.25) is 0 Å². The van der Waals surface area contributed by atoms with Gasteiger partial charge in [-0.25, -0.2) is 0 Å². The quantitative estimate of drug-likeness (QED) is 0.455. The number of rotatable bonds is 2. The first-order chi connectivity index (χ1) is 16.8. The van der Waals surface area contributed by atoms with Gasteiger partial charge < -0.3 is 10.0 Å². The van der Waals surface area contributed by atoms with Crippen molar-refractivity contribution in [2.75, 3.05) is 19.0 Å². The van der Waals surface area contributed by atoms with Gasteiger partial charge in [0.15, 0.2) is 5.78 Å². The second-order valence-corrected chi connectivity index (χ2v) is 13.7. The molecule has 0 amide bonds. The lowest BCUT2D eigenvalue weighted by atomic mass is 9.44. The van der Waals surface area contributed by atoms with E-state index in [2.05, 4.69) is 63.0 Å². The highest BCUT2D eigenvalue weighted by molar-refractivity contribution is 5.91. The summed E-state index contributed by atoms with van der Waals surface area (Å²) >= 11 is 0. The number of carbonyl (C=O) groups excluding carboxylic acids is 1. The Bertz CT molecular complexity index is 1040. The predicted octanol–water partition coefficient (Wildman–Crippen LogP) is 7.00. The van der Waals surface area contributed by atoms with Crippen LogP contribution in [0.5, 0.6) is 0 Å². The Morgan fingerprint density at radius 1 is 1.06 bits per heavy atom. The normalized spacial score (nSPS) is 37.4. The molecule has 1 aromatic rings. The van der Waals surface area contributed by atoms with Crippen LogP contribution in [0.1, 0.15) is 91.0 Å². The van der Waals surface area contributed by atoms with Crippen molar-refractivity contribution in [3.8, 4) is 12.3 Å². The molecule has 196 valence electrons. The van der Waals surface area contributed by atoms with Gasteiger partial charge >= 0.3 is 0 Å². The fraction of sp³-hybridized carbons (Fsp3) is 0.667. The van der Waals surface area contributed by atoms with Crippen LogP contribution in [-0.2, 0) is 4.79 Å². The smallest absolute Gasteiger partial charge is 0.155 e. The maximum absolute atomic E-state index is 12.2. The summed E-state index contributed by atoms with van der Waals surface area (Å²) in [6.07, 6.45) is 14.0. The third-order valence-corrected chi connectivity index (χ3v) is 10.1. The van der Waals surface area contributed by atoms with Gasteiger partial charge in [-0.3, -0.25) is 4.79 Å². The number of benzene rings is 1. The van der Waals surface area contributed by atoms with Gasteiger partial charge in [0.1, 0.15) is 0 Å². The second-order valence-electron chi connectivity index (χ2n) is 13.7. The number of allylic oxidation sites excluding steroid dienone is 1. The Balaban J connectivity index is 0.000000455. The van der Waals surface area contributed by atoms with E-state index in [1.807, 2.05) is 26.8 Å². The Morgan fingerprint density at radius 3 is 2.28 bits per heavy atom. The number of hydrogen-bond acceptors (Lipinski definition) is 3. The van der Waals surface area contributed by atoms with Crippen LogP contribution in [0.2, 0.25) is 0 Å². The molecule has 0 aliphatic heterocycles. The molecule has 0 bridgehead atoms. The molecule has 3 heteroatoms. The largest absolute Gasteiger partial charge is 0.393 e. The number of ketones is 1. The molecular weight excluding hydrogens is 442 g/mol. The highest BCUT2D eigenvalue weighted by atomic mass is 16.3. The molecule has 5 rings (SSSR count). The average Bonchev–Trinajstić information content (AvgIpc) is 3.13. The fourth-order valence-electron chi connectivity index (χ4n) is 8.06. The van der Waals surface area contributed by atoms with Crippen LogP contribution in [0.4, 0.5) is 5.69 Å². The molecule has 0 radical (unpaired) electrons. The van der Waals surface area contributed by atoms with Crippen LogP contribution in [-0.4, -0.2) is 31.1 Å². The highest BCUT2D eigenvalue weighted by Gasteiger charge is 2.62. The molecule has 4 aliphatic carbocycles. The summed E-state index contributed by atoms with van der Waals surface area (Å²) < 4.78 is 0. The van der Waals surface area contributed by atoms with Crippen molar-refractivity contribution in [2.24, 2.45) is 34.0 Å². The van der Waals surface area contributed by atoms with Crippen molar-refractivity contribution in [1.29, 1.82) is 0 Å². The van der Waals surface area contributed by atoms with E-state index in [-0.39, 0.29) is 22.3 Å². The lowest BCUT2D eigenvalue weighted by molar-refractivity contribution is -0.118. The summed E-state index contributed by atoms with van der Waals surface area (Å²) in [4.78, 5) is 14.4. The minimum Gasteiger partial charge on any atom is -0.393 e. The number of aliphatic hydroxyl groups is 1. The number of aliphatic hydroxyl groups excluding tert-OH is 1. The van der Waals surface area contributed by atoms with E-state index in [9.17, 15) is 9.90 Å². The number of nitrogens with zero attached hydrogens (tertiary/aromatic N) is 1. The van der Waals surface area contributed by atoms with Gasteiger partial charge in [0.25, 0.3) is 0 Å². The van der Waals surface area contributed by atoms with Gasteiger partial charge in [0.05, 0.1) is 6.10 Å². The number of terminal acetylenes is 1. The first-order valence-corrected chi connectivity index (χ1v) is 14.0. The van der Waals surface area contributed by atoms with E-state index >= 15 is 0 Å². The lowest BCUT2D eigenvalue weighted by Crippen LogP contribution is -2.54. The lowest BCUT2D eigenvalue weighted by Gasteiger charge is -2.61. The van der Waals surface area contributed by atoms with Gasteiger partial charge in [-0.05, 0) is 118 Å². The van der Waals surface area contributed by atoms with Gasteiger partial charge in [-0.15, -0.1) is 12.3 Å². The zero-order chi connectivity index (χ0) is 26.5. The molecule has 7 atom stereocenters. The molecule has 0 saturated heterocycles. The first kappa shape index (κ1) is 27.0. The standard InChI is InChI=1S/C27H37NO2.C6H10/c1-26-14-13-20(29)15-18(26)7-10-21-23-11-12-24(30)27(23,2)16-22(25(21)26)17-5-8-19(9-6-17)28(3)4;1-5-6(2,3)4/h5-6,8-9,15,21-25,30H,7,10-14,16H2,1-4H3;1H,2-4H3. The molecule has 3 fully saturated rings.